The standard InChI is InChI=1S/C19H20N6S.ClH/c1-4-25-11-13-10-12(8-9-14(13)22-25)18-17(19(20)26-23-18)15-6-5-7-16(21-15)24(2)3;/h5-11H,4,20H2,1-3H3;1H. The fourth-order valence-electron chi connectivity index (χ4n) is 2.95. The lowest BCUT2D eigenvalue weighted by Crippen LogP contribution is -2.10. The molecule has 1 aromatic carbocycles. The largest absolute Gasteiger partial charge is 0.389 e. The molecule has 140 valence electrons. The number of nitrogens with two attached hydrogens (primary N) is 1. The van der Waals surface area contributed by atoms with E-state index in [-0.39, 0.29) is 12.4 Å². The third kappa shape index (κ3) is 3.48. The van der Waals surface area contributed by atoms with Crippen molar-refractivity contribution in [3.05, 3.63) is 42.6 Å². The van der Waals surface area contributed by atoms with Crippen LogP contribution in [0.1, 0.15) is 6.92 Å². The molecular weight excluding hydrogens is 380 g/mol. The lowest BCUT2D eigenvalue weighted by Gasteiger charge is -2.12. The van der Waals surface area contributed by atoms with E-state index in [9.17, 15) is 0 Å². The van der Waals surface area contributed by atoms with E-state index in [0.29, 0.717) is 5.00 Å². The highest BCUT2D eigenvalue weighted by Gasteiger charge is 2.18. The summed E-state index contributed by atoms with van der Waals surface area (Å²) in [7, 11) is 3.95. The molecular formula is C19H21ClN6S. The molecule has 0 aliphatic heterocycles. The number of aryl methyl sites for hydroxylation is 1. The number of pyridine rings is 1. The van der Waals surface area contributed by atoms with Crippen molar-refractivity contribution < 1.29 is 0 Å². The van der Waals surface area contributed by atoms with Crippen LogP contribution in [-0.4, -0.2) is 33.2 Å². The van der Waals surface area contributed by atoms with Crippen LogP contribution in [0.2, 0.25) is 0 Å². The van der Waals surface area contributed by atoms with E-state index < -0.39 is 0 Å². The zero-order valence-corrected chi connectivity index (χ0v) is 17.0. The van der Waals surface area contributed by atoms with E-state index in [2.05, 4.69) is 28.7 Å². The Morgan fingerprint density at radius 2 is 2.00 bits per heavy atom. The summed E-state index contributed by atoms with van der Waals surface area (Å²) in [6, 6.07) is 12.1. The minimum Gasteiger partial charge on any atom is -0.389 e. The summed E-state index contributed by atoms with van der Waals surface area (Å²) in [5.74, 6) is 0.888. The van der Waals surface area contributed by atoms with Crippen LogP contribution in [0, 0.1) is 0 Å². The Balaban J connectivity index is 0.00000210. The van der Waals surface area contributed by atoms with Crippen molar-refractivity contribution in [1.82, 2.24) is 19.1 Å². The highest BCUT2D eigenvalue weighted by atomic mass is 35.5. The van der Waals surface area contributed by atoms with Crippen LogP contribution in [0.5, 0.6) is 0 Å². The van der Waals surface area contributed by atoms with Gasteiger partial charge in [0.15, 0.2) is 0 Å². The van der Waals surface area contributed by atoms with Gasteiger partial charge in [0.25, 0.3) is 0 Å². The summed E-state index contributed by atoms with van der Waals surface area (Å²) < 4.78 is 6.54. The Bertz CT molecular complexity index is 1080. The van der Waals surface area contributed by atoms with Gasteiger partial charge in [0.1, 0.15) is 10.8 Å². The molecule has 4 rings (SSSR count). The van der Waals surface area contributed by atoms with Gasteiger partial charge in [0, 0.05) is 37.8 Å². The number of hydrogen-bond acceptors (Lipinski definition) is 6. The maximum Gasteiger partial charge on any atom is 0.128 e. The van der Waals surface area contributed by atoms with Gasteiger partial charge in [-0.05, 0) is 42.7 Å². The van der Waals surface area contributed by atoms with Crippen LogP contribution in [0.4, 0.5) is 10.8 Å². The van der Waals surface area contributed by atoms with Gasteiger partial charge < -0.3 is 10.6 Å². The van der Waals surface area contributed by atoms with Crippen molar-refractivity contribution in [2.45, 2.75) is 13.5 Å². The summed E-state index contributed by atoms with van der Waals surface area (Å²) in [6.07, 6.45) is 2.05. The van der Waals surface area contributed by atoms with Crippen LogP contribution in [-0.2, 0) is 6.54 Å². The van der Waals surface area contributed by atoms with Gasteiger partial charge in [-0.2, -0.15) is 9.47 Å². The Morgan fingerprint density at radius 1 is 1.19 bits per heavy atom. The van der Waals surface area contributed by atoms with Crippen LogP contribution in [0.3, 0.4) is 0 Å². The number of fused-ring (bicyclic) bond motifs is 1. The van der Waals surface area contributed by atoms with Crippen LogP contribution < -0.4 is 10.6 Å². The molecule has 0 saturated carbocycles. The van der Waals surface area contributed by atoms with Gasteiger partial charge in [0.05, 0.1) is 22.5 Å². The lowest BCUT2D eigenvalue weighted by molar-refractivity contribution is 0.668. The molecule has 0 aliphatic rings. The van der Waals surface area contributed by atoms with Crippen LogP contribution in [0.15, 0.2) is 42.6 Å². The molecule has 0 radical (unpaired) electrons. The Hall–Kier alpha value is -2.64. The first kappa shape index (κ1) is 19.1. The second kappa shape index (κ2) is 7.54. The number of nitrogens with zero attached hydrogens (tertiary/aromatic N) is 5. The molecule has 3 heterocycles. The monoisotopic (exact) mass is 400 g/mol. The predicted molar refractivity (Wildman–Crippen MR) is 116 cm³/mol. The first-order valence-electron chi connectivity index (χ1n) is 8.44. The molecule has 4 aromatic rings. The van der Waals surface area contributed by atoms with Crippen LogP contribution >= 0.6 is 23.9 Å². The van der Waals surface area contributed by atoms with Crippen molar-refractivity contribution >= 4 is 45.7 Å². The summed E-state index contributed by atoms with van der Waals surface area (Å²) in [4.78, 5) is 6.71. The van der Waals surface area contributed by atoms with E-state index >= 15 is 0 Å². The molecule has 0 saturated heterocycles. The first-order chi connectivity index (χ1) is 12.6. The molecule has 2 N–H and O–H groups in total. The van der Waals surface area contributed by atoms with Crippen molar-refractivity contribution in [2.24, 2.45) is 0 Å². The van der Waals surface area contributed by atoms with Gasteiger partial charge in [-0.25, -0.2) is 4.98 Å². The number of rotatable bonds is 4. The highest BCUT2D eigenvalue weighted by Crippen LogP contribution is 2.39. The van der Waals surface area contributed by atoms with Gasteiger partial charge in [0.2, 0.25) is 0 Å². The van der Waals surface area contributed by atoms with E-state index in [1.807, 2.05) is 54.0 Å². The molecule has 8 heteroatoms. The highest BCUT2D eigenvalue weighted by molar-refractivity contribution is 7.11. The van der Waals surface area contributed by atoms with E-state index in [1.165, 1.54) is 11.5 Å². The van der Waals surface area contributed by atoms with Crippen molar-refractivity contribution in [2.75, 3.05) is 24.7 Å². The zero-order valence-electron chi connectivity index (χ0n) is 15.4. The van der Waals surface area contributed by atoms with Crippen molar-refractivity contribution in [3.8, 4) is 22.5 Å². The minimum absolute atomic E-state index is 0. The summed E-state index contributed by atoms with van der Waals surface area (Å²) in [5, 5.41) is 6.31. The second-order valence-corrected chi connectivity index (χ2v) is 7.11. The predicted octanol–water partition coefficient (Wildman–Crippen LogP) is 4.31. The van der Waals surface area contributed by atoms with Gasteiger partial charge in [-0.15, -0.1) is 12.4 Å². The lowest BCUT2D eigenvalue weighted by atomic mass is 10.0. The molecule has 0 fully saturated rings. The van der Waals surface area contributed by atoms with Crippen molar-refractivity contribution in [1.29, 1.82) is 0 Å². The topological polar surface area (TPSA) is 72.9 Å². The average Bonchev–Trinajstić information content (AvgIpc) is 3.24. The summed E-state index contributed by atoms with van der Waals surface area (Å²) in [6.45, 7) is 2.93. The molecule has 0 spiro atoms. The summed E-state index contributed by atoms with van der Waals surface area (Å²) >= 11 is 1.30. The van der Waals surface area contributed by atoms with Gasteiger partial charge in [-0.3, -0.25) is 4.68 Å². The third-order valence-corrected chi connectivity index (χ3v) is 4.99. The fraction of sp³-hybridized carbons (Fsp3) is 0.211. The Morgan fingerprint density at radius 3 is 2.74 bits per heavy atom. The quantitative estimate of drug-likeness (QED) is 0.552. The Labute approximate surface area is 168 Å². The SMILES string of the molecule is CCn1cc2cc(-c3nsc(N)c3-c3cccc(N(C)C)n3)ccc2n1.Cl. The Kier molecular flexibility index (Phi) is 5.34. The average molecular weight is 401 g/mol. The molecule has 0 amide bonds. The maximum absolute atomic E-state index is 6.26. The molecule has 0 aliphatic carbocycles. The van der Waals surface area contributed by atoms with Gasteiger partial charge >= 0.3 is 0 Å². The molecule has 0 unspecified atom stereocenters. The molecule has 0 bridgehead atoms. The molecule has 3 aromatic heterocycles. The second-order valence-electron chi connectivity index (χ2n) is 6.30. The summed E-state index contributed by atoms with van der Waals surface area (Å²) in [5.41, 5.74) is 10.9. The number of aromatic nitrogens is 4. The molecule has 27 heavy (non-hydrogen) atoms. The molecule has 6 nitrogen and oxygen atoms in total. The van der Waals surface area contributed by atoms with Gasteiger partial charge in [-0.1, -0.05) is 12.1 Å². The van der Waals surface area contributed by atoms with E-state index in [4.69, 9.17) is 10.7 Å². The number of benzene rings is 1. The zero-order chi connectivity index (χ0) is 18.3. The van der Waals surface area contributed by atoms with Crippen molar-refractivity contribution in [3.63, 3.8) is 0 Å². The maximum atomic E-state index is 6.26. The minimum atomic E-state index is 0. The number of hydrogen-bond donors (Lipinski definition) is 1. The first-order valence-corrected chi connectivity index (χ1v) is 9.21. The number of nitrogen functional groups attached to an aromatic ring is 1. The van der Waals surface area contributed by atoms with E-state index in [0.717, 1.165) is 45.8 Å². The van der Waals surface area contributed by atoms with E-state index in [1.54, 1.807) is 0 Å². The third-order valence-electron chi connectivity index (χ3n) is 4.32. The fourth-order valence-corrected chi connectivity index (χ4v) is 3.62. The number of halogens is 1. The van der Waals surface area contributed by atoms with Crippen LogP contribution in [0.25, 0.3) is 33.4 Å². The molecule has 0 atom stereocenters. The normalized spacial score (nSPS) is 10.8. The number of anilines is 2. The smallest absolute Gasteiger partial charge is 0.128 e.